The van der Waals surface area contributed by atoms with E-state index >= 15 is 0 Å². The Labute approximate surface area is 238 Å². The lowest BCUT2D eigenvalue weighted by molar-refractivity contribution is -0.151. The number of amides is 1. The number of nitrogens with zero attached hydrogens (tertiary/aromatic N) is 3. The van der Waals surface area contributed by atoms with Crippen LogP contribution in [0, 0.1) is 5.92 Å². The number of hydrogen-bond acceptors (Lipinski definition) is 8. The van der Waals surface area contributed by atoms with Crippen LogP contribution in [0.4, 0.5) is 4.79 Å². The highest BCUT2D eigenvalue weighted by Gasteiger charge is 2.36. The fraction of sp³-hybridized carbons (Fsp3) is 0.581. The topological polar surface area (TPSA) is 112 Å². The van der Waals surface area contributed by atoms with Gasteiger partial charge in [0, 0.05) is 49.9 Å². The van der Waals surface area contributed by atoms with Gasteiger partial charge in [0.2, 0.25) is 0 Å². The van der Waals surface area contributed by atoms with Gasteiger partial charge in [0.05, 0.1) is 12.5 Å². The van der Waals surface area contributed by atoms with Crippen molar-refractivity contribution < 1.29 is 29.3 Å². The summed E-state index contributed by atoms with van der Waals surface area (Å²) in [5.74, 6) is -0.692. The van der Waals surface area contributed by atoms with E-state index in [-0.39, 0.29) is 31.1 Å². The van der Waals surface area contributed by atoms with Crippen LogP contribution >= 0.6 is 0 Å². The fourth-order valence-electron chi connectivity index (χ4n) is 4.84. The molecule has 6 atom stereocenters. The monoisotopic (exact) mass is 555 g/mol. The lowest BCUT2D eigenvalue weighted by Gasteiger charge is -2.36. The number of pyridine rings is 1. The standard InChI is InChI=1S/C31H45N3O6/c1-22(26-11-6-7-16-32-26)9-8-10-23(2)29-24(3)12-13-27(39-30(37)34-19-17-33(5)18-20-34)31(4,38)15-14-25(35)21-28(36)40-29/h6-13,16,22,24-25,27,29,35,38H,14-15,17-21H2,1-5H3/b9-8?,13-12+,23-10+/t22-,24+,25-,27+,29-,31-/m1/s1. The van der Waals surface area contributed by atoms with E-state index < -0.39 is 36.0 Å². The van der Waals surface area contributed by atoms with Crippen molar-refractivity contribution in [3.05, 3.63) is 66.0 Å². The molecule has 1 aromatic rings. The number of carbonyl (C=O) groups is 2. The highest BCUT2D eigenvalue weighted by Crippen LogP contribution is 2.27. The first-order valence-corrected chi connectivity index (χ1v) is 14.1. The Morgan fingerprint density at radius 2 is 1.98 bits per heavy atom. The van der Waals surface area contributed by atoms with Gasteiger partial charge in [0.1, 0.15) is 11.7 Å². The van der Waals surface area contributed by atoms with E-state index in [4.69, 9.17) is 9.47 Å². The van der Waals surface area contributed by atoms with Crippen LogP contribution in [0.5, 0.6) is 0 Å². The van der Waals surface area contributed by atoms with E-state index in [1.807, 2.05) is 63.4 Å². The molecule has 2 aliphatic heterocycles. The fourth-order valence-corrected chi connectivity index (χ4v) is 4.84. The van der Waals surface area contributed by atoms with E-state index in [1.54, 1.807) is 24.1 Å². The molecule has 3 rings (SSSR count). The SMILES string of the molecule is C/C(=C\C=C[C@@H](C)c1ccccn1)[C@H]1OC(=O)C[C@H](O)CC[C@@](C)(O)[C@@H](OC(=O)N2CCN(C)CC2)/C=C/[C@@H]1C. The number of likely N-dealkylation sites (N-methyl/N-ethyl adjacent to an activating group) is 1. The maximum absolute atomic E-state index is 13.0. The van der Waals surface area contributed by atoms with Crippen LogP contribution in [0.15, 0.2) is 60.3 Å². The molecule has 0 aliphatic carbocycles. The molecule has 1 saturated heterocycles. The Morgan fingerprint density at radius 3 is 2.65 bits per heavy atom. The Kier molecular flexibility index (Phi) is 11.5. The Morgan fingerprint density at radius 1 is 1.25 bits per heavy atom. The molecule has 9 nitrogen and oxygen atoms in total. The second-order valence-corrected chi connectivity index (χ2v) is 11.3. The molecular formula is C31H45N3O6. The second-order valence-electron chi connectivity index (χ2n) is 11.3. The van der Waals surface area contributed by atoms with Gasteiger partial charge in [-0.1, -0.05) is 44.2 Å². The minimum absolute atomic E-state index is 0.106. The molecule has 0 bridgehead atoms. The largest absolute Gasteiger partial charge is 0.457 e. The Bertz CT molecular complexity index is 1060. The predicted molar refractivity (Wildman–Crippen MR) is 154 cm³/mol. The van der Waals surface area contributed by atoms with Gasteiger partial charge in [-0.05, 0) is 57.5 Å². The molecule has 0 radical (unpaired) electrons. The highest BCUT2D eigenvalue weighted by molar-refractivity contribution is 5.70. The number of aromatic nitrogens is 1. The number of esters is 1. The number of rotatable bonds is 5. The van der Waals surface area contributed by atoms with E-state index in [1.165, 1.54) is 0 Å². The van der Waals surface area contributed by atoms with Crippen molar-refractivity contribution in [1.29, 1.82) is 0 Å². The molecule has 3 heterocycles. The third kappa shape index (κ3) is 9.28. The first kappa shape index (κ1) is 31.5. The quantitative estimate of drug-likeness (QED) is 0.320. The second kappa shape index (κ2) is 14.6. The zero-order valence-corrected chi connectivity index (χ0v) is 24.4. The molecule has 40 heavy (non-hydrogen) atoms. The molecular weight excluding hydrogens is 510 g/mol. The Balaban J connectivity index is 1.81. The normalized spacial score (nSPS) is 31.1. The molecule has 0 unspecified atom stereocenters. The summed E-state index contributed by atoms with van der Waals surface area (Å²) in [6.07, 6.45) is 8.23. The van der Waals surface area contributed by atoms with Crippen LogP contribution in [0.2, 0.25) is 0 Å². The minimum Gasteiger partial charge on any atom is -0.457 e. The summed E-state index contributed by atoms with van der Waals surface area (Å²) in [7, 11) is 2.01. The number of cyclic esters (lactones) is 1. The maximum Gasteiger partial charge on any atom is 0.410 e. The number of ether oxygens (including phenoxy) is 2. The third-order valence-corrected chi connectivity index (χ3v) is 7.68. The number of hydrogen-bond donors (Lipinski definition) is 2. The average Bonchev–Trinajstić information content (AvgIpc) is 2.92. The first-order valence-electron chi connectivity index (χ1n) is 14.1. The number of aliphatic hydroxyl groups excluding tert-OH is 1. The van der Waals surface area contributed by atoms with Gasteiger partial charge in [-0.25, -0.2) is 4.79 Å². The summed E-state index contributed by atoms with van der Waals surface area (Å²) < 4.78 is 11.7. The molecule has 220 valence electrons. The van der Waals surface area contributed by atoms with Crippen molar-refractivity contribution in [1.82, 2.24) is 14.8 Å². The zero-order chi connectivity index (χ0) is 29.3. The summed E-state index contributed by atoms with van der Waals surface area (Å²) in [6, 6.07) is 5.80. The molecule has 0 saturated carbocycles. The van der Waals surface area contributed by atoms with Crippen molar-refractivity contribution in [3.8, 4) is 0 Å². The molecule has 1 aromatic heterocycles. The van der Waals surface area contributed by atoms with Gasteiger partial charge < -0.3 is 29.5 Å². The van der Waals surface area contributed by atoms with Gasteiger partial charge in [-0.2, -0.15) is 0 Å². The summed E-state index contributed by atoms with van der Waals surface area (Å²) in [6.45, 7) is 10.1. The van der Waals surface area contributed by atoms with Crippen LogP contribution in [-0.2, 0) is 14.3 Å². The predicted octanol–water partition coefficient (Wildman–Crippen LogP) is 3.84. The molecule has 0 spiro atoms. The van der Waals surface area contributed by atoms with Gasteiger partial charge >= 0.3 is 12.1 Å². The van der Waals surface area contributed by atoms with Crippen LogP contribution in [-0.4, -0.2) is 94.2 Å². The van der Waals surface area contributed by atoms with E-state index in [9.17, 15) is 19.8 Å². The highest BCUT2D eigenvalue weighted by atomic mass is 16.6. The van der Waals surface area contributed by atoms with Crippen LogP contribution in [0.25, 0.3) is 0 Å². The average molecular weight is 556 g/mol. The van der Waals surface area contributed by atoms with Crippen molar-refractivity contribution in [2.45, 2.75) is 76.8 Å². The summed E-state index contributed by atoms with van der Waals surface area (Å²) >= 11 is 0. The van der Waals surface area contributed by atoms with Gasteiger partial charge in [-0.3, -0.25) is 9.78 Å². The molecule has 0 aromatic carbocycles. The molecule has 1 fully saturated rings. The number of aliphatic hydroxyl groups is 2. The van der Waals surface area contributed by atoms with Crippen molar-refractivity contribution in [2.75, 3.05) is 33.2 Å². The van der Waals surface area contributed by atoms with Gasteiger partial charge in [0.15, 0.2) is 6.10 Å². The lowest BCUT2D eigenvalue weighted by Crippen LogP contribution is -2.50. The van der Waals surface area contributed by atoms with Gasteiger partial charge in [0.25, 0.3) is 0 Å². The van der Waals surface area contributed by atoms with Crippen LogP contribution in [0.1, 0.15) is 58.6 Å². The van der Waals surface area contributed by atoms with Crippen molar-refractivity contribution in [2.24, 2.45) is 5.92 Å². The minimum atomic E-state index is -1.44. The van der Waals surface area contributed by atoms with Crippen LogP contribution in [0.3, 0.4) is 0 Å². The summed E-state index contributed by atoms with van der Waals surface area (Å²) in [5, 5.41) is 21.8. The zero-order valence-electron chi connectivity index (χ0n) is 24.4. The lowest BCUT2D eigenvalue weighted by atomic mass is 9.88. The van der Waals surface area contributed by atoms with E-state index in [0.29, 0.717) is 13.1 Å². The van der Waals surface area contributed by atoms with Crippen molar-refractivity contribution in [3.63, 3.8) is 0 Å². The third-order valence-electron chi connectivity index (χ3n) is 7.68. The number of allylic oxidation sites excluding steroid dienone is 3. The van der Waals surface area contributed by atoms with E-state index in [0.717, 1.165) is 24.4 Å². The molecule has 1 amide bonds. The summed E-state index contributed by atoms with van der Waals surface area (Å²) in [4.78, 5) is 33.9. The molecule has 2 aliphatic rings. The Hall–Kier alpha value is -3.01. The first-order chi connectivity index (χ1) is 19.0. The summed E-state index contributed by atoms with van der Waals surface area (Å²) in [5.41, 5.74) is 0.337. The number of piperazine rings is 1. The van der Waals surface area contributed by atoms with E-state index in [2.05, 4.69) is 16.8 Å². The smallest absolute Gasteiger partial charge is 0.410 e. The molecule has 2 N–H and O–H groups in total. The molecule has 9 heteroatoms. The maximum atomic E-state index is 13.0. The van der Waals surface area contributed by atoms with Crippen LogP contribution < -0.4 is 0 Å². The van der Waals surface area contributed by atoms with Gasteiger partial charge in [-0.15, -0.1) is 0 Å². The van der Waals surface area contributed by atoms with Crippen molar-refractivity contribution >= 4 is 12.1 Å². The number of carbonyl (C=O) groups excluding carboxylic acids is 2.